The van der Waals surface area contributed by atoms with E-state index in [2.05, 4.69) is 4.99 Å². The van der Waals surface area contributed by atoms with E-state index in [0.717, 1.165) is 0 Å². The van der Waals surface area contributed by atoms with E-state index >= 15 is 0 Å². The van der Waals surface area contributed by atoms with Gasteiger partial charge in [0.05, 0.1) is 25.3 Å². The fourth-order valence-electron chi connectivity index (χ4n) is 2.82. The summed E-state index contributed by atoms with van der Waals surface area (Å²) in [7, 11) is 7.24. The molecule has 1 fully saturated rings. The topological polar surface area (TPSA) is 31.3 Å². The van der Waals surface area contributed by atoms with Crippen molar-refractivity contribution in [2.75, 3.05) is 59.4 Å². The second-order valence-corrected chi connectivity index (χ2v) is 6.34. The first kappa shape index (κ1) is 22.8. The van der Waals surface area contributed by atoms with Crippen molar-refractivity contribution in [3.05, 3.63) is 29.3 Å². The number of aliphatic imine (C=N–C) groups is 1. The molecule has 0 bridgehead atoms. The first-order chi connectivity index (χ1) is 11.7. The summed E-state index contributed by atoms with van der Waals surface area (Å²) in [5, 5.41) is 0. The maximum Gasteiger partial charge on any atom is 0.416 e. The summed E-state index contributed by atoms with van der Waals surface area (Å²) in [4.78, 5) is 9.80. The zero-order chi connectivity index (χ0) is 18.6. The first-order valence-electron chi connectivity index (χ1n) is 8.12. The molecule has 148 valence electrons. The molecule has 0 radical (unpaired) electrons. The molecule has 0 unspecified atom stereocenters. The van der Waals surface area contributed by atoms with Gasteiger partial charge in [0.15, 0.2) is 5.96 Å². The Balaban J connectivity index is 0.00000338. The SMILES string of the molecule is CN(C)C(=NCc1ccc(N2CCOCC2)cc1C(F)(F)F)N(C)C.I. The third-order valence-electron chi connectivity index (χ3n) is 3.97. The van der Waals surface area contributed by atoms with Gasteiger partial charge in [-0.2, -0.15) is 13.2 Å². The van der Waals surface area contributed by atoms with Crippen LogP contribution in [-0.2, 0) is 17.5 Å². The van der Waals surface area contributed by atoms with Gasteiger partial charge in [0, 0.05) is 47.0 Å². The van der Waals surface area contributed by atoms with Crippen LogP contribution in [0.2, 0.25) is 0 Å². The highest BCUT2D eigenvalue weighted by Crippen LogP contribution is 2.35. The Labute approximate surface area is 169 Å². The first-order valence-corrected chi connectivity index (χ1v) is 8.12. The minimum atomic E-state index is -4.41. The van der Waals surface area contributed by atoms with Crippen molar-refractivity contribution in [2.24, 2.45) is 4.99 Å². The fraction of sp³-hybridized carbons (Fsp3) is 0.588. The molecular weight excluding hydrogens is 460 g/mol. The van der Waals surface area contributed by atoms with Crippen LogP contribution in [-0.4, -0.2) is 70.3 Å². The number of halogens is 4. The van der Waals surface area contributed by atoms with Crippen LogP contribution in [0.4, 0.5) is 18.9 Å². The molecule has 1 heterocycles. The summed E-state index contributed by atoms with van der Waals surface area (Å²) in [6.07, 6.45) is -4.41. The normalized spacial score (nSPS) is 14.5. The number of anilines is 1. The molecule has 0 spiro atoms. The molecule has 1 aromatic rings. The van der Waals surface area contributed by atoms with Gasteiger partial charge in [-0.25, -0.2) is 4.99 Å². The van der Waals surface area contributed by atoms with Crippen LogP contribution >= 0.6 is 24.0 Å². The molecule has 0 amide bonds. The third-order valence-corrected chi connectivity index (χ3v) is 3.97. The van der Waals surface area contributed by atoms with Crippen molar-refractivity contribution in [1.82, 2.24) is 9.80 Å². The molecule has 0 saturated carbocycles. The average Bonchev–Trinajstić information content (AvgIpc) is 2.54. The molecular formula is C17H26F3IN4O. The summed E-state index contributed by atoms with van der Waals surface area (Å²) in [5.74, 6) is 0.616. The maximum absolute atomic E-state index is 13.5. The standard InChI is InChI=1S/C17H25F3N4O.HI/c1-22(2)16(23(3)4)21-12-13-5-6-14(11-15(13)17(18,19)20)24-7-9-25-10-8-24;/h5-6,11H,7-10,12H2,1-4H3;1H. The van der Waals surface area contributed by atoms with E-state index in [9.17, 15) is 13.2 Å². The van der Waals surface area contributed by atoms with Gasteiger partial charge in [-0.1, -0.05) is 6.07 Å². The lowest BCUT2D eigenvalue weighted by molar-refractivity contribution is -0.138. The number of nitrogens with zero attached hydrogens (tertiary/aromatic N) is 4. The van der Waals surface area contributed by atoms with Crippen LogP contribution in [0.15, 0.2) is 23.2 Å². The summed E-state index contributed by atoms with van der Waals surface area (Å²) in [6.45, 7) is 2.23. The molecule has 9 heteroatoms. The fourth-order valence-corrected chi connectivity index (χ4v) is 2.82. The molecule has 26 heavy (non-hydrogen) atoms. The highest BCUT2D eigenvalue weighted by Gasteiger charge is 2.34. The highest BCUT2D eigenvalue weighted by molar-refractivity contribution is 14.0. The van der Waals surface area contributed by atoms with Crippen molar-refractivity contribution in [2.45, 2.75) is 12.7 Å². The second kappa shape index (κ2) is 9.63. The maximum atomic E-state index is 13.5. The van der Waals surface area contributed by atoms with Crippen molar-refractivity contribution >= 4 is 35.6 Å². The number of guanidine groups is 1. The summed E-state index contributed by atoms with van der Waals surface area (Å²) in [6, 6.07) is 4.48. The van der Waals surface area contributed by atoms with Crippen LogP contribution in [0.3, 0.4) is 0 Å². The number of hydrogen-bond donors (Lipinski definition) is 0. The lowest BCUT2D eigenvalue weighted by atomic mass is 10.1. The van der Waals surface area contributed by atoms with Crippen LogP contribution in [0.25, 0.3) is 0 Å². The molecule has 1 aliphatic rings. The van der Waals surface area contributed by atoms with E-state index in [1.54, 1.807) is 15.9 Å². The molecule has 5 nitrogen and oxygen atoms in total. The Bertz CT molecular complexity index is 605. The lowest BCUT2D eigenvalue weighted by Crippen LogP contribution is -2.36. The molecule has 1 aromatic carbocycles. The third kappa shape index (κ3) is 5.90. The summed E-state index contributed by atoms with van der Waals surface area (Å²) >= 11 is 0. The molecule has 2 rings (SSSR count). The largest absolute Gasteiger partial charge is 0.416 e. The minimum absolute atomic E-state index is 0. The Morgan fingerprint density at radius 2 is 1.69 bits per heavy atom. The predicted octanol–water partition coefficient (Wildman–Crippen LogP) is 3.14. The monoisotopic (exact) mass is 486 g/mol. The Morgan fingerprint density at radius 1 is 1.12 bits per heavy atom. The van der Waals surface area contributed by atoms with Gasteiger partial charge in [0.1, 0.15) is 0 Å². The Morgan fingerprint density at radius 3 is 2.19 bits per heavy atom. The molecule has 1 saturated heterocycles. The number of ether oxygens (including phenoxy) is 1. The van der Waals surface area contributed by atoms with E-state index in [-0.39, 0.29) is 36.1 Å². The molecule has 0 atom stereocenters. The quantitative estimate of drug-likeness (QED) is 0.374. The van der Waals surface area contributed by atoms with Crippen LogP contribution in [0.5, 0.6) is 0 Å². The summed E-state index contributed by atoms with van der Waals surface area (Å²) in [5.41, 5.74) is 0.117. The smallest absolute Gasteiger partial charge is 0.378 e. The van der Waals surface area contributed by atoms with Crippen LogP contribution in [0.1, 0.15) is 11.1 Å². The molecule has 0 aliphatic carbocycles. The summed E-state index contributed by atoms with van der Waals surface area (Å²) < 4.78 is 45.8. The van der Waals surface area contributed by atoms with Gasteiger partial charge in [-0.05, 0) is 17.7 Å². The number of alkyl halides is 3. The molecule has 1 aliphatic heterocycles. The van der Waals surface area contributed by atoms with E-state index in [4.69, 9.17) is 4.74 Å². The van der Waals surface area contributed by atoms with Gasteiger partial charge < -0.3 is 19.4 Å². The minimum Gasteiger partial charge on any atom is -0.378 e. The van der Waals surface area contributed by atoms with Gasteiger partial charge in [0.25, 0.3) is 0 Å². The van der Waals surface area contributed by atoms with Gasteiger partial charge in [-0.15, -0.1) is 24.0 Å². The second-order valence-electron chi connectivity index (χ2n) is 6.34. The van der Waals surface area contributed by atoms with Crippen molar-refractivity contribution in [3.63, 3.8) is 0 Å². The van der Waals surface area contributed by atoms with E-state index < -0.39 is 11.7 Å². The number of benzene rings is 1. The van der Waals surface area contributed by atoms with Crippen LogP contribution in [0, 0.1) is 0 Å². The van der Waals surface area contributed by atoms with Gasteiger partial charge in [-0.3, -0.25) is 0 Å². The van der Waals surface area contributed by atoms with Gasteiger partial charge >= 0.3 is 6.18 Å². The van der Waals surface area contributed by atoms with Crippen molar-refractivity contribution in [1.29, 1.82) is 0 Å². The highest BCUT2D eigenvalue weighted by atomic mass is 127. The van der Waals surface area contributed by atoms with E-state index in [1.165, 1.54) is 12.1 Å². The molecule has 0 aromatic heterocycles. The van der Waals surface area contributed by atoms with Crippen molar-refractivity contribution in [3.8, 4) is 0 Å². The zero-order valence-corrected chi connectivity index (χ0v) is 17.8. The predicted molar refractivity (Wildman–Crippen MR) is 108 cm³/mol. The van der Waals surface area contributed by atoms with Gasteiger partial charge in [0.2, 0.25) is 0 Å². The number of hydrogen-bond acceptors (Lipinski definition) is 3. The Hall–Kier alpha value is -1.23. The number of rotatable bonds is 3. The Kier molecular flexibility index (Phi) is 8.45. The van der Waals surface area contributed by atoms with Crippen molar-refractivity contribution < 1.29 is 17.9 Å². The van der Waals surface area contributed by atoms with Crippen LogP contribution < -0.4 is 4.90 Å². The molecule has 0 N–H and O–H groups in total. The number of morpholine rings is 1. The average molecular weight is 486 g/mol. The lowest BCUT2D eigenvalue weighted by Gasteiger charge is -2.29. The zero-order valence-electron chi connectivity index (χ0n) is 15.5. The van der Waals surface area contributed by atoms with E-state index in [0.29, 0.717) is 38.0 Å². The van der Waals surface area contributed by atoms with E-state index in [1.807, 2.05) is 33.1 Å².